The fourth-order valence-electron chi connectivity index (χ4n) is 1.82. The monoisotopic (exact) mass is 470 g/mol. The number of hydrogen-bond acceptors (Lipinski definition) is 8. The van der Waals surface area contributed by atoms with Crippen LogP contribution in [0.3, 0.4) is 0 Å². The highest BCUT2D eigenvalue weighted by Crippen LogP contribution is 2.71. The molecule has 0 amide bonds. The zero-order chi connectivity index (χ0) is 21.6. The lowest BCUT2D eigenvalue weighted by Crippen LogP contribution is -2.45. The minimum absolute atomic E-state index is 1.46. The van der Waals surface area contributed by atoms with Crippen LogP contribution >= 0.6 is 30.4 Å². The van der Waals surface area contributed by atoms with Crippen molar-refractivity contribution in [3.8, 4) is 0 Å². The summed E-state index contributed by atoms with van der Waals surface area (Å²) in [6.45, 7) is 0. The smallest absolute Gasteiger partial charge is 0.372 e. The van der Waals surface area contributed by atoms with E-state index in [0.29, 0.717) is 0 Å². The van der Waals surface area contributed by atoms with Gasteiger partial charge in [0.25, 0.3) is 10.2 Å². The van der Waals surface area contributed by atoms with Gasteiger partial charge < -0.3 is 59.6 Å². The molecule has 16 nitrogen and oxygen atoms in total. The first-order valence-corrected chi connectivity index (χ1v) is 12.5. The van der Waals surface area contributed by atoms with Crippen LogP contribution in [0.1, 0.15) is 12.8 Å². The van der Waals surface area contributed by atoms with E-state index in [4.69, 9.17) is 39.1 Å². The number of aliphatic hydroxyl groups is 4. The first-order chi connectivity index (χ1) is 11.0. The molecule has 12 N–H and O–H groups in total. The summed E-state index contributed by atoms with van der Waals surface area (Å²) in [5.41, 5.74) is 0. The van der Waals surface area contributed by atoms with E-state index in [9.17, 15) is 38.7 Å². The molecule has 0 aliphatic heterocycles. The molecule has 0 radical (unpaired) electrons. The van der Waals surface area contributed by atoms with Crippen LogP contribution in [0.2, 0.25) is 0 Å². The fraction of sp³-hybridized carbons (Fsp3) is 1.00. The maximum absolute atomic E-state index is 11.1. The van der Waals surface area contributed by atoms with E-state index in [2.05, 4.69) is 0 Å². The lowest BCUT2D eigenvalue weighted by molar-refractivity contribution is -0.0274. The third-order valence-corrected chi connectivity index (χ3v) is 11.1. The topological polar surface area (TPSA) is 311 Å². The van der Waals surface area contributed by atoms with Gasteiger partial charge >= 0.3 is 30.4 Å². The average Bonchev–Trinajstić information content (AvgIpc) is 2.37. The Hall–Kier alpha value is 0.440. The number of aliphatic hydroxyl groups excluding tert-OH is 2. The van der Waals surface area contributed by atoms with Crippen LogP contribution in [0.5, 0.6) is 0 Å². The van der Waals surface area contributed by atoms with Crippen molar-refractivity contribution in [2.24, 2.45) is 0 Å². The average molecular weight is 470 g/mol. The third kappa shape index (κ3) is 4.70. The number of rotatable bonds is 9. The van der Waals surface area contributed by atoms with Gasteiger partial charge in [0.1, 0.15) is 12.2 Å². The molecule has 0 rings (SSSR count). The summed E-state index contributed by atoms with van der Waals surface area (Å²) in [6, 6.07) is 0. The Bertz CT molecular complexity index is 588. The summed E-state index contributed by atoms with van der Waals surface area (Å²) < 4.78 is 44.5. The van der Waals surface area contributed by atoms with Crippen LogP contribution in [0, 0.1) is 0 Å². The van der Waals surface area contributed by atoms with Crippen LogP contribution < -0.4 is 0 Å². The molecule has 0 bridgehead atoms. The van der Waals surface area contributed by atoms with Crippen molar-refractivity contribution < 1.29 is 77.8 Å². The Morgan fingerprint density at radius 1 is 0.538 bits per heavy atom. The van der Waals surface area contributed by atoms with Gasteiger partial charge in [-0.15, -0.1) is 0 Å². The maximum atomic E-state index is 11.1. The lowest BCUT2D eigenvalue weighted by Gasteiger charge is -2.36. The molecule has 0 fully saturated rings. The van der Waals surface area contributed by atoms with Gasteiger partial charge in [-0.3, -0.25) is 18.3 Å². The van der Waals surface area contributed by atoms with Crippen molar-refractivity contribution in [2.45, 2.75) is 35.2 Å². The fourth-order valence-corrected chi connectivity index (χ4v) is 6.60. The second-order valence-electron chi connectivity index (χ2n) is 5.16. The zero-order valence-corrected chi connectivity index (χ0v) is 15.9. The van der Waals surface area contributed by atoms with E-state index in [1.54, 1.807) is 0 Å². The molecule has 0 aromatic rings. The highest BCUT2D eigenvalue weighted by Gasteiger charge is 2.66. The molecule has 158 valence electrons. The Morgan fingerprint density at radius 2 is 0.692 bits per heavy atom. The molecule has 26 heavy (non-hydrogen) atoms. The van der Waals surface area contributed by atoms with E-state index in [-0.39, 0.29) is 0 Å². The molecule has 0 aliphatic carbocycles. The van der Waals surface area contributed by atoms with Gasteiger partial charge in [0, 0.05) is 0 Å². The lowest BCUT2D eigenvalue weighted by atomic mass is 10.1. The van der Waals surface area contributed by atoms with E-state index in [1.165, 1.54) is 0 Å². The normalized spacial score (nSPS) is 17.8. The second kappa shape index (κ2) is 7.69. The molecule has 0 aromatic heterocycles. The van der Waals surface area contributed by atoms with Gasteiger partial charge in [-0.25, -0.2) is 0 Å². The summed E-state index contributed by atoms with van der Waals surface area (Å²) in [7, 11) is -24.6. The number of hydrogen-bond donors (Lipinski definition) is 12. The van der Waals surface area contributed by atoms with Gasteiger partial charge in [-0.2, -0.15) is 0 Å². The highest BCUT2D eigenvalue weighted by molar-refractivity contribution is 7.72. The molecule has 2 atom stereocenters. The van der Waals surface area contributed by atoms with E-state index >= 15 is 0 Å². The molecule has 0 saturated carbocycles. The largest absolute Gasteiger partial charge is 0.389 e. The maximum Gasteiger partial charge on any atom is 0.372 e. The van der Waals surface area contributed by atoms with Crippen molar-refractivity contribution in [2.75, 3.05) is 0 Å². The highest BCUT2D eigenvalue weighted by atomic mass is 31.2. The Morgan fingerprint density at radius 3 is 0.808 bits per heavy atom. The predicted molar refractivity (Wildman–Crippen MR) is 79.3 cm³/mol. The van der Waals surface area contributed by atoms with Crippen molar-refractivity contribution >= 4 is 30.4 Å². The zero-order valence-electron chi connectivity index (χ0n) is 12.4. The molecule has 0 aromatic carbocycles. The Kier molecular flexibility index (Phi) is 7.82. The van der Waals surface area contributed by atoms with Crippen LogP contribution in [0.15, 0.2) is 0 Å². The Labute approximate surface area is 144 Å². The minimum atomic E-state index is -6.14. The van der Waals surface area contributed by atoms with Crippen LogP contribution in [-0.4, -0.2) is 81.9 Å². The minimum Gasteiger partial charge on any atom is -0.389 e. The summed E-state index contributed by atoms with van der Waals surface area (Å²) in [4.78, 5) is 71.0. The van der Waals surface area contributed by atoms with E-state index in [0.717, 1.165) is 0 Å². The predicted octanol–water partition coefficient (Wildman–Crippen LogP) is -3.51. The van der Waals surface area contributed by atoms with Crippen molar-refractivity contribution in [1.29, 1.82) is 0 Å². The van der Waals surface area contributed by atoms with Crippen molar-refractivity contribution in [3.05, 3.63) is 0 Å². The summed E-state index contributed by atoms with van der Waals surface area (Å²) in [6.07, 6.45) is -9.01. The standard InChI is InChI=1S/C6H18O16P4/c7-3(5(9,23(11,12)13)24(14,15)16)1-2-4(8)6(10,25(17,18)19)26(20,21)22/h3-4,7-10H,1-2H2,(H2,11,12,13)(H2,14,15,16)(H2,17,18,19)(H2,20,21,22). The molecule has 0 heterocycles. The van der Waals surface area contributed by atoms with Crippen molar-refractivity contribution in [1.82, 2.24) is 0 Å². The first kappa shape index (κ1) is 26.4. The summed E-state index contributed by atoms with van der Waals surface area (Å²) in [5.74, 6) is 0. The molecular formula is C6H18O16P4. The van der Waals surface area contributed by atoms with Gasteiger partial charge in [0.15, 0.2) is 0 Å². The van der Waals surface area contributed by atoms with Crippen molar-refractivity contribution in [3.63, 3.8) is 0 Å². The van der Waals surface area contributed by atoms with Crippen LogP contribution in [0.25, 0.3) is 0 Å². The van der Waals surface area contributed by atoms with E-state index < -0.39 is 65.6 Å². The molecule has 0 aliphatic rings. The second-order valence-corrected chi connectivity index (χ2v) is 12.9. The van der Waals surface area contributed by atoms with E-state index in [1.807, 2.05) is 0 Å². The quantitative estimate of drug-likeness (QED) is 0.145. The molecule has 0 saturated heterocycles. The summed E-state index contributed by atoms with van der Waals surface area (Å²) in [5, 5.41) is 29.4. The van der Waals surface area contributed by atoms with Crippen LogP contribution in [-0.2, 0) is 18.3 Å². The van der Waals surface area contributed by atoms with Gasteiger partial charge in [-0.05, 0) is 12.8 Å². The first-order valence-electron chi connectivity index (χ1n) is 6.08. The SMILES string of the molecule is O=P(O)(O)C(O)(C(O)CCC(O)C(O)(P(=O)(O)O)P(=O)(O)O)P(=O)(O)O. The molecular weight excluding hydrogens is 452 g/mol. The van der Waals surface area contributed by atoms with Crippen LogP contribution in [0.4, 0.5) is 0 Å². The molecule has 20 heteroatoms. The third-order valence-electron chi connectivity index (χ3n) is 3.32. The van der Waals surface area contributed by atoms with Gasteiger partial charge in [-0.1, -0.05) is 0 Å². The molecule has 2 unspecified atom stereocenters. The van der Waals surface area contributed by atoms with Gasteiger partial charge in [0.05, 0.1) is 0 Å². The van der Waals surface area contributed by atoms with Gasteiger partial charge in [0.2, 0.25) is 0 Å². The Balaban J connectivity index is 5.78. The summed E-state index contributed by atoms with van der Waals surface area (Å²) >= 11 is 0. The molecule has 0 spiro atoms.